The minimum absolute atomic E-state index is 0.0165. The van der Waals surface area contributed by atoms with Crippen LogP contribution in [0.3, 0.4) is 0 Å². The van der Waals surface area contributed by atoms with Crippen LogP contribution in [0.4, 0.5) is 0 Å². The minimum Gasteiger partial charge on any atom is -0.491 e. The lowest BCUT2D eigenvalue weighted by Crippen LogP contribution is -2.16. The van der Waals surface area contributed by atoms with Gasteiger partial charge in [0.15, 0.2) is 0 Å². The van der Waals surface area contributed by atoms with Crippen molar-refractivity contribution in [3.05, 3.63) is 72.9 Å². The molecule has 8 heteroatoms. The topological polar surface area (TPSA) is 89.5 Å². The average Bonchev–Trinajstić information content (AvgIpc) is 2.80. The van der Waals surface area contributed by atoms with Gasteiger partial charge in [0, 0.05) is 6.42 Å². The van der Waals surface area contributed by atoms with Crippen molar-refractivity contribution in [2.45, 2.75) is 65.6 Å². The molecule has 0 atom stereocenters. The second-order valence-corrected chi connectivity index (χ2v) is 7.97. The highest BCUT2D eigenvalue weighted by molar-refractivity contribution is 5.89. The van der Waals surface area contributed by atoms with Gasteiger partial charge in [-0.05, 0) is 82.6 Å². The Kier molecular flexibility index (Phi) is 11.4. The Hall–Kier alpha value is -3.10. The van der Waals surface area contributed by atoms with Gasteiger partial charge in [0.05, 0.1) is 23.3 Å². The first kappa shape index (κ1) is 27.1. The third-order valence-corrected chi connectivity index (χ3v) is 4.23. The van der Waals surface area contributed by atoms with Crippen molar-refractivity contribution in [1.29, 1.82) is 0 Å². The fourth-order valence-electron chi connectivity index (χ4n) is 2.69. The Balaban J connectivity index is 1.89. The third kappa shape index (κ3) is 9.80. The summed E-state index contributed by atoms with van der Waals surface area (Å²) in [6.07, 6.45) is 2.25. The molecule has 0 heterocycles. The van der Waals surface area contributed by atoms with Crippen molar-refractivity contribution >= 4 is 11.9 Å². The highest BCUT2D eigenvalue weighted by Gasteiger charge is 2.21. The largest absolute Gasteiger partial charge is 0.491 e. The zero-order valence-electron chi connectivity index (χ0n) is 20.1. The predicted octanol–water partition coefficient (Wildman–Crippen LogP) is 6.02. The Morgan fingerprint density at radius 2 is 1.09 bits per heavy atom. The van der Waals surface area contributed by atoms with Gasteiger partial charge in [-0.3, -0.25) is 9.78 Å². The lowest BCUT2D eigenvalue weighted by Gasteiger charge is -2.14. The first-order valence-electron chi connectivity index (χ1n) is 11.2. The molecule has 8 nitrogen and oxygen atoms in total. The highest BCUT2D eigenvalue weighted by Crippen LogP contribution is 2.20. The van der Waals surface area contributed by atoms with Crippen LogP contribution in [0.1, 0.15) is 74.1 Å². The van der Waals surface area contributed by atoms with E-state index in [9.17, 15) is 9.59 Å². The molecule has 0 unspecified atom stereocenters. The molecule has 0 aromatic heterocycles. The minimum atomic E-state index is -0.735. The Morgan fingerprint density at radius 1 is 0.676 bits per heavy atom. The average molecular weight is 473 g/mol. The first-order valence-corrected chi connectivity index (χ1v) is 11.2. The smallest absolute Gasteiger partial charge is 0.373 e. The number of hydrogen-bond donors (Lipinski definition) is 0. The molecule has 0 spiro atoms. The van der Waals surface area contributed by atoms with E-state index in [4.69, 9.17) is 29.0 Å². The van der Waals surface area contributed by atoms with Gasteiger partial charge in [-0.15, -0.1) is 9.78 Å². The van der Waals surface area contributed by atoms with E-state index >= 15 is 0 Å². The van der Waals surface area contributed by atoms with Crippen LogP contribution in [0.15, 0.2) is 48.5 Å². The van der Waals surface area contributed by atoms with Crippen molar-refractivity contribution in [2.75, 3.05) is 0 Å². The Morgan fingerprint density at radius 3 is 1.44 bits per heavy atom. The van der Waals surface area contributed by atoms with Crippen molar-refractivity contribution in [3.63, 3.8) is 0 Å². The summed E-state index contributed by atoms with van der Waals surface area (Å²) in [5.41, 5.74) is 0.517. The van der Waals surface area contributed by atoms with Crippen LogP contribution in [0.2, 0.25) is 0 Å². The van der Waals surface area contributed by atoms with Gasteiger partial charge < -0.3 is 9.47 Å². The molecule has 184 valence electrons. The third-order valence-electron chi connectivity index (χ3n) is 4.23. The van der Waals surface area contributed by atoms with Gasteiger partial charge in [-0.2, -0.15) is 0 Å². The molecule has 0 aliphatic heterocycles. The Labute approximate surface area is 200 Å². The fraction of sp³-hybridized carbons (Fsp3) is 0.385. The van der Waals surface area contributed by atoms with Crippen molar-refractivity contribution < 1.29 is 38.6 Å². The van der Waals surface area contributed by atoms with Gasteiger partial charge in [-0.25, -0.2) is 9.59 Å². The van der Waals surface area contributed by atoms with Gasteiger partial charge in [-0.1, -0.05) is 19.8 Å². The lowest BCUT2D eigenvalue weighted by atomic mass is 10.2. The molecule has 2 rings (SSSR count). The summed E-state index contributed by atoms with van der Waals surface area (Å²) in [7, 11) is 0. The normalized spacial score (nSPS) is 11.1. The summed E-state index contributed by atoms with van der Waals surface area (Å²) >= 11 is 0. The molecular weight excluding hydrogens is 440 g/mol. The van der Waals surface area contributed by atoms with E-state index in [2.05, 4.69) is 6.92 Å². The van der Waals surface area contributed by atoms with Crippen molar-refractivity contribution in [3.8, 4) is 11.5 Å². The van der Waals surface area contributed by atoms with E-state index in [0.29, 0.717) is 24.3 Å². The fourth-order valence-corrected chi connectivity index (χ4v) is 2.69. The molecule has 0 bridgehead atoms. The molecule has 0 amide bonds. The van der Waals surface area contributed by atoms with E-state index < -0.39 is 11.9 Å². The van der Waals surface area contributed by atoms with Gasteiger partial charge >= 0.3 is 18.2 Å². The van der Waals surface area contributed by atoms with Crippen LogP contribution in [0, 0.1) is 13.2 Å². The maximum absolute atomic E-state index is 12.3. The SMILES string of the molecule is [CH2]CCCC[C](OOC(=O)c1ccc(OC(C)C)cc1)OOC(=O)c1ccc(OC(C)C)cc1. The Bertz CT molecular complexity index is 805. The molecule has 0 fully saturated rings. The molecule has 34 heavy (non-hydrogen) atoms. The summed E-state index contributed by atoms with van der Waals surface area (Å²) in [4.78, 5) is 44.4. The van der Waals surface area contributed by atoms with Gasteiger partial charge in [0.2, 0.25) is 0 Å². The van der Waals surface area contributed by atoms with Crippen LogP contribution >= 0.6 is 0 Å². The van der Waals surface area contributed by atoms with Crippen LogP contribution in [0.25, 0.3) is 0 Å². The van der Waals surface area contributed by atoms with Crippen LogP contribution in [-0.2, 0) is 19.6 Å². The summed E-state index contributed by atoms with van der Waals surface area (Å²) in [5, 5.41) is 0. The van der Waals surface area contributed by atoms with Crippen LogP contribution in [0.5, 0.6) is 11.5 Å². The van der Waals surface area contributed by atoms with Crippen molar-refractivity contribution in [1.82, 2.24) is 0 Å². The zero-order valence-corrected chi connectivity index (χ0v) is 20.1. The molecule has 0 aliphatic rings. The van der Waals surface area contributed by atoms with Crippen LogP contribution < -0.4 is 9.47 Å². The molecule has 2 radical (unpaired) electrons. The summed E-state index contributed by atoms with van der Waals surface area (Å²) in [6.45, 7) is 11.4. The number of rotatable bonds is 14. The maximum Gasteiger partial charge on any atom is 0.373 e. The maximum atomic E-state index is 12.3. The van der Waals surface area contributed by atoms with E-state index in [0.717, 1.165) is 6.42 Å². The molecule has 0 N–H and O–H groups in total. The number of carbonyl (C=O) groups excluding carboxylic acids is 2. The van der Waals surface area contributed by atoms with E-state index in [1.165, 1.54) is 0 Å². The van der Waals surface area contributed by atoms with Crippen LogP contribution in [-0.4, -0.2) is 24.1 Å². The molecule has 0 saturated heterocycles. The molecule has 0 saturated carbocycles. The number of unbranched alkanes of at least 4 members (excludes halogenated alkanes) is 2. The summed E-state index contributed by atoms with van der Waals surface area (Å²) in [6, 6.07) is 12.9. The summed E-state index contributed by atoms with van der Waals surface area (Å²) < 4.78 is 11.1. The second-order valence-electron chi connectivity index (χ2n) is 7.97. The highest BCUT2D eigenvalue weighted by atomic mass is 17.3. The predicted molar refractivity (Wildman–Crippen MR) is 124 cm³/mol. The number of benzene rings is 2. The monoisotopic (exact) mass is 472 g/mol. The van der Waals surface area contributed by atoms with E-state index in [1.807, 2.05) is 27.7 Å². The zero-order chi connectivity index (χ0) is 24.9. The molecule has 0 aliphatic carbocycles. The lowest BCUT2D eigenvalue weighted by molar-refractivity contribution is -0.363. The molecule has 2 aromatic carbocycles. The van der Waals surface area contributed by atoms with E-state index in [1.54, 1.807) is 48.5 Å². The number of ether oxygens (including phenoxy) is 2. The second kappa shape index (κ2) is 14.2. The summed E-state index contributed by atoms with van der Waals surface area (Å²) in [5.74, 6) is -0.207. The standard InChI is InChI=1S/C26H32O8/c1-6-7-8-9-24(31-33-25(27)20-10-14-22(15-11-20)29-18(2)3)32-34-26(28)21-12-16-23(17-13-21)30-19(4)5/h10-19H,1,6-9H2,2-5H3. The van der Waals surface area contributed by atoms with Gasteiger partial charge in [0.1, 0.15) is 11.5 Å². The first-order chi connectivity index (χ1) is 16.3. The molecule has 2 aromatic rings. The number of hydrogen-bond acceptors (Lipinski definition) is 8. The van der Waals surface area contributed by atoms with Crippen molar-refractivity contribution in [2.24, 2.45) is 0 Å². The molecular formula is C26H32O8. The van der Waals surface area contributed by atoms with Gasteiger partial charge in [0.25, 0.3) is 0 Å². The van der Waals surface area contributed by atoms with E-state index in [-0.39, 0.29) is 36.0 Å². The number of carbonyl (C=O) groups is 2. The quantitative estimate of drug-likeness (QED) is 0.187.